The van der Waals surface area contributed by atoms with E-state index in [1.807, 2.05) is 0 Å². The van der Waals surface area contributed by atoms with Crippen molar-refractivity contribution in [3.8, 4) is 0 Å². The number of rotatable bonds is 5. The first-order valence-corrected chi connectivity index (χ1v) is 9.25. The van der Waals surface area contributed by atoms with Crippen molar-refractivity contribution in [1.82, 2.24) is 0 Å². The van der Waals surface area contributed by atoms with Crippen molar-refractivity contribution in [2.24, 2.45) is 0 Å². The van der Waals surface area contributed by atoms with E-state index in [2.05, 4.69) is 38.9 Å². The predicted octanol–water partition coefficient (Wildman–Crippen LogP) is 2.54. The predicted molar refractivity (Wildman–Crippen MR) is 60.7 cm³/mol. The molecule has 0 bridgehead atoms. The van der Waals surface area contributed by atoms with Crippen LogP contribution >= 0.6 is 0 Å². The first-order chi connectivity index (χ1) is 4.98. The molecule has 0 aliphatic carbocycles. The van der Waals surface area contributed by atoms with Gasteiger partial charge >= 0.3 is 0 Å². The van der Waals surface area contributed by atoms with Crippen molar-refractivity contribution < 1.29 is 0 Å². The Kier molecular flexibility index (Phi) is 4.69. The molecule has 0 rings (SSSR count). The summed E-state index contributed by atoms with van der Waals surface area (Å²) in [5.41, 5.74) is 2.19. The Hall–Kier alpha value is -0.0862. The van der Waals surface area contributed by atoms with E-state index < -0.39 is 8.07 Å². The average Bonchev–Trinajstić information content (AvgIpc) is 1.87. The Morgan fingerprint density at radius 2 is 2.09 bits per heavy atom. The van der Waals surface area contributed by atoms with E-state index in [4.69, 9.17) is 0 Å². The Morgan fingerprint density at radius 3 is 2.45 bits per heavy atom. The van der Waals surface area contributed by atoms with Gasteiger partial charge < -0.3 is 0 Å². The maximum Gasteiger partial charge on any atom is 0.0706 e. The quantitative estimate of drug-likeness (QED) is 0.576. The van der Waals surface area contributed by atoms with Gasteiger partial charge in [0.15, 0.2) is 0 Å². The monoisotopic (exact) mass is 184 g/mol. The van der Waals surface area contributed by atoms with Crippen LogP contribution in [0, 0.1) is 0 Å². The van der Waals surface area contributed by atoms with Crippen LogP contribution in [0.2, 0.25) is 25.2 Å². The van der Waals surface area contributed by atoms with E-state index in [-0.39, 0.29) is 9.52 Å². The van der Waals surface area contributed by atoms with Crippen LogP contribution in [0.15, 0.2) is 24.1 Å². The average molecular weight is 184 g/mol. The summed E-state index contributed by atoms with van der Waals surface area (Å²) >= 11 is 0. The van der Waals surface area contributed by atoms with Gasteiger partial charge in [0.1, 0.15) is 0 Å². The zero-order valence-corrected chi connectivity index (χ0v) is 10.5. The molecule has 0 amide bonds. The molecule has 0 aliphatic heterocycles. The Bertz CT molecular complexity index is 148. The van der Waals surface area contributed by atoms with E-state index in [0.29, 0.717) is 0 Å². The molecule has 0 spiro atoms. The third-order valence-electron chi connectivity index (χ3n) is 1.98. The molecular weight excluding hydrogens is 164 g/mol. The summed E-state index contributed by atoms with van der Waals surface area (Å²) < 4.78 is 0. The van der Waals surface area contributed by atoms with E-state index in [1.165, 1.54) is 17.3 Å². The normalized spacial score (nSPS) is 12.3. The van der Waals surface area contributed by atoms with Gasteiger partial charge in [0.2, 0.25) is 0 Å². The molecule has 0 aromatic rings. The molecule has 0 atom stereocenters. The van der Waals surface area contributed by atoms with E-state index in [0.717, 1.165) is 0 Å². The molecule has 0 fully saturated rings. The van der Waals surface area contributed by atoms with Gasteiger partial charge in [0.25, 0.3) is 0 Å². The molecule has 0 N–H and O–H groups in total. The highest BCUT2D eigenvalue weighted by molar-refractivity contribution is 6.82. The summed E-state index contributed by atoms with van der Waals surface area (Å²) in [5.74, 6) is 0. The maximum atomic E-state index is 3.95. The lowest BCUT2D eigenvalue weighted by Crippen LogP contribution is -2.21. The number of hydrogen-bond donors (Lipinski definition) is 0. The SMILES string of the molecule is C=C[Si](C)(C)CC[SiH2]C(=C)C. The molecule has 0 nitrogen and oxygen atoms in total. The van der Waals surface area contributed by atoms with Crippen LogP contribution in [-0.2, 0) is 0 Å². The fraction of sp³-hybridized carbons (Fsp3) is 0.556. The minimum Gasteiger partial charge on any atom is -0.107 e. The van der Waals surface area contributed by atoms with Crippen molar-refractivity contribution in [3.63, 3.8) is 0 Å². The minimum atomic E-state index is -0.987. The molecule has 0 aromatic carbocycles. The highest BCUT2D eigenvalue weighted by Gasteiger charge is 2.14. The largest absolute Gasteiger partial charge is 0.107 e. The summed E-state index contributed by atoms with van der Waals surface area (Å²) in [7, 11) is -0.937. The third kappa shape index (κ3) is 6.32. The standard InChI is InChI=1S/C9H20Si2/c1-6-11(4,5)8-7-10-9(2)3/h6H,1-2,7-8,10H2,3-5H3. The lowest BCUT2D eigenvalue weighted by Gasteiger charge is -2.16. The van der Waals surface area contributed by atoms with Gasteiger partial charge in [-0.25, -0.2) is 0 Å². The highest BCUT2D eigenvalue weighted by Crippen LogP contribution is 2.13. The molecule has 2 heteroatoms. The lowest BCUT2D eigenvalue weighted by molar-refractivity contribution is 1.34. The van der Waals surface area contributed by atoms with Crippen LogP contribution in [0.1, 0.15) is 6.92 Å². The molecule has 64 valence electrons. The third-order valence-corrected chi connectivity index (χ3v) is 6.99. The fourth-order valence-electron chi connectivity index (χ4n) is 0.948. The summed E-state index contributed by atoms with van der Waals surface area (Å²) in [6, 6.07) is 2.84. The first-order valence-electron chi connectivity index (χ1n) is 4.26. The second kappa shape index (κ2) is 4.72. The molecule has 0 heterocycles. The van der Waals surface area contributed by atoms with Crippen LogP contribution in [0.3, 0.4) is 0 Å². The molecule has 0 radical (unpaired) electrons. The molecule has 0 unspecified atom stereocenters. The summed E-state index contributed by atoms with van der Waals surface area (Å²) in [5, 5.41) is 1.44. The van der Waals surface area contributed by atoms with Crippen molar-refractivity contribution in [3.05, 3.63) is 24.1 Å². The Morgan fingerprint density at radius 1 is 1.55 bits per heavy atom. The van der Waals surface area contributed by atoms with Crippen LogP contribution < -0.4 is 0 Å². The fourth-order valence-corrected chi connectivity index (χ4v) is 6.11. The second-order valence-electron chi connectivity index (χ2n) is 4.00. The van der Waals surface area contributed by atoms with Gasteiger partial charge in [-0.15, -0.1) is 18.9 Å². The minimum absolute atomic E-state index is 0.0495. The molecular formula is C9H20Si2. The molecule has 11 heavy (non-hydrogen) atoms. The van der Waals surface area contributed by atoms with Crippen molar-refractivity contribution in [2.45, 2.75) is 32.1 Å². The van der Waals surface area contributed by atoms with Crippen molar-refractivity contribution in [1.29, 1.82) is 0 Å². The van der Waals surface area contributed by atoms with E-state index in [9.17, 15) is 0 Å². The second-order valence-corrected chi connectivity index (χ2v) is 11.3. The number of allylic oxidation sites excluding steroid dienone is 1. The van der Waals surface area contributed by atoms with Gasteiger partial charge in [-0.2, -0.15) is 0 Å². The zero-order chi connectivity index (χ0) is 8.91. The Labute approximate surface area is 74.2 Å². The summed E-state index contributed by atoms with van der Waals surface area (Å²) in [4.78, 5) is 0. The molecule has 0 saturated carbocycles. The number of hydrogen-bond acceptors (Lipinski definition) is 0. The van der Waals surface area contributed by atoms with Crippen LogP contribution in [0.5, 0.6) is 0 Å². The lowest BCUT2D eigenvalue weighted by atomic mass is 10.8. The molecule has 0 saturated heterocycles. The molecule has 0 aromatic heterocycles. The van der Waals surface area contributed by atoms with Crippen LogP contribution in [0.25, 0.3) is 0 Å². The molecule has 0 aliphatic rings. The highest BCUT2D eigenvalue weighted by atomic mass is 28.3. The van der Waals surface area contributed by atoms with Gasteiger partial charge in [-0.05, 0) is 6.92 Å². The van der Waals surface area contributed by atoms with Crippen molar-refractivity contribution in [2.75, 3.05) is 0 Å². The summed E-state index contributed by atoms with van der Waals surface area (Å²) in [6.45, 7) is 14.8. The van der Waals surface area contributed by atoms with Gasteiger partial charge in [0, 0.05) is 9.52 Å². The van der Waals surface area contributed by atoms with Crippen LogP contribution in [-0.4, -0.2) is 17.6 Å². The topological polar surface area (TPSA) is 0 Å². The van der Waals surface area contributed by atoms with Gasteiger partial charge in [0.05, 0.1) is 8.07 Å². The van der Waals surface area contributed by atoms with E-state index in [1.54, 1.807) is 0 Å². The van der Waals surface area contributed by atoms with Crippen LogP contribution in [0.4, 0.5) is 0 Å². The van der Waals surface area contributed by atoms with Crippen molar-refractivity contribution >= 4 is 17.6 Å². The maximum absolute atomic E-state index is 3.95. The van der Waals surface area contributed by atoms with Gasteiger partial charge in [-0.3, -0.25) is 0 Å². The first kappa shape index (κ1) is 10.9. The Balaban J connectivity index is 3.53. The smallest absolute Gasteiger partial charge is 0.0706 e. The van der Waals surface area contributed by atoms with Gasteiger partial charge in [-0.1, -0.05) is 30.4 Å². The van der Waals surface area contributed by atoms with E-state index >= 15 is 0 Å². The summed E-state index contributed by atoms with van der Waals surface area (Å²) in [6.07, 6.45) is 0. The zero-order valence-electron chi connectivity index (χ0n) is 8.11.